The van der Waals surface area contributed by atoms with Gasteiger partial charge in [-0.25, -0.2) is 9.88 Å². The van der Waals surface area contributed by atoms with E-state index in [1.165, 1.54) is 6.07 Å². The van der Waals surface area contributed by atoms with Gasteiger partial charge >= 0.3 is 6.36 Å². The highest BCUT2D eigenvalue weighted by Gasteiger charge is 2.35. The Morgan fingerprint density at radius 1 is 1.44 bits per heavy atom. The molecule has 0 radical (unpaired) electrons. The topological polar surface area (TPSA) is 97.6 Å². The number of aromatic nitrogens is 1. The van der Waals surface area contributed by atoms with Crippen LogP contribution in [0.4, 0.5) is 18.3 Å². The van der Waals surface area contributed by atoms with Gasteiger partial charge in [-0.15, -0.1) is 13.2 Å². The third-order valence-corrected chi connectivity index (χ3v) is 4.54. The lowest BCUT2D eigenvalue weighted by Gasteiger charge is -2.30. The lowest BCUT2D eigenvalue weighted by atomic mass is 10.1. The molecular formula is C14H13F3N4O3S. The van der Waals surface area contributed by atoms with Gasteiger partial charge in [0.25, 0.3) is 5.91 Å². The summed E-state index contributed by atoms with van der Waals surface area (Å²) in [6.45, 7) is 0.274. The van der Waals surface area contributed by atoms with Crippen molar-refractivity contribution in [1.29, 1.82) is 0 Å². The summed E-state index contributed by atoms with van der Waals surface area (Å²) >= 11 is 0.912. The van der Waals surface area contributed by atoms with Crippen LogP contribution in [0.5, 0.6) is 5.75 Å². The molecule has 1 aromatic heterocycles. The van der Waals surface area contributed by atoms with Gasteiger partial charge in [0.1, 0.15) is 5.75 Å². The summed E-state index contributed by atoms with van der Waals surface area (Å²) < 4.78 is 41.2. The minimum absolute atomic E-state index is 0.0632. The summed E-state index contributed by atoms with van der Waals surface area (Å²) in [5.41, 5.74) is 5.71. The van der Waals surface area contributed by atoms with Gasteiger partial charge in [-0.2, -0.15) is 0 Å². The molecule has 1 aromatic carbocycles. The van der Waals surface area contributed by atoms with E-state index in [1.807, 2.05) is 0 Å². The molecule has 0 aliphatic carbocycles. The van der Waals surface area contributed by atoms with Crippen LogP contribution in [-0.4, -0.2) is 42.3 Å². The number of ether oxygens (including phenoxy) is 1. The molecule has 3 N–H and O–H groups in total. The number of anilines is 1. The third-order valence-electron chi connectivity index (χ3n) is 3.54. The summed E-state index contributed by atoms with van der Waals surface area (Å²) in [5.74, 6) is -1.52. The smallest absolute Gasteiger partial charge is 0.406 e. The zero-order valence-corrected chi connectivity index (χ0v) is 13.5. The molecule has 134 valence electrons. The highest BCUT2D eigenvalue weighted by Crippen LogP contribution is 2.33. The first-order valence-electron chi connectivity index (χ1n) is 7.25. The Morgan fingerprint density at radius 2 is 2.16 bits per heavy atom. The molecule has 1 aliphatic heterocycles. The molecule has 1 fully saturated rings. The maximum atomic E-state index is 12.4. The van der Waals surface area contributed by atoms with E-state index >= 15 is 0 Å². The molecule has 0 unspecified atom stereocenters. The Bertz CT molecular complexity index is 819. The van der Waals surface area contributed by atoms with Crippen molar-refractivity contribution in [3.63, 3.8) is 0 Å². The normalized spacial score (nSPS) is 17.2. The van der Waals surface area contributed by atoms with Crippen molar-refractivity contribution in [3.8, 4) is 5.75 Å². The molecule has 0 spiro atoms. The number of hydrogen-bond acceptors (Lipinski definition) is 7. The molecule has 25 heavy (non-hydrogen) atoms. The number of nitrogens with two attached hydrogens (primary N) is 1. The molecule has 1 saturated heterocycles. The number of nitrogens with one attached hydrogen (secondary N) is 1. The van der Waals surface area contributed by atoms with E-state index < -0.39 is 36.5 Å². The van der Waals surface area contributed by atoms with Crippen LogP contribution in [0.1, 0.15) is 6.42 Å². The average Bonchev–Trinajstić information content (AvgIpc) is 2.86. The van der Waals surface area contributed by atoms with E-state index in [2.05, 4.69) is 15.0 Å². The maximum Gasteiger partial charge on any atom is 0.573 e. The fourth-order valence-electron chi connectivity index (χ4n) is 2.26. The quantitative estimate of drug-likeness (QED) is 0.839. The monoisotopic (exact) mass is 374 g/mol. The van der Waals surface area contributed by atoms with Gasteiger partial charge in [-0.1, -0.05) is 11.3 Å². The summed E-state index contributed by atoms with van der Waals surface area (Å²) in [6.07, 6.45) is -4.23. The Hall–Kier alpha value is -2.24. The number of imide groups is 1. The van der Waals surface area contributed by atoms with Crippen LogP contribution < -0.4 is 20.7 Å². The van der Waals surface area contributed by atoms with Crippen molar-refractivity contribution in [2.45, 2.75) is 18.8 Å². The number of alkyl halides is 3. The van der Waals surface area contributed by atoms with Gasteiger partial charge in [0, 0.05) is 6.07 Å². The summed E-state index contributed by atoms with van der Waals surface area (Å²) in [4.78, 5) is 29.6. The first kappa shape index (κ1) is 17.6. The number of halogens is 3. The van der Waals surface area contributed by atoms with Crippen LogP contribution >= 0.6 is 11.3 Å². The van der Waals surface area contributed by atoms with Crippen molar-refractivity contribution >= 4 is 38.5 Å². The SMILES string of the molecule is NCC(=O)N(C(=O)[C@@H]1CCN1)c1nc2ccc(OC(F)(F)F)cc2s1. The van der Waals surface area contributed by atoms with Gasteiger partial charge in [0.2, 0.25) is 5.91 Å². The second-order valence-electron chi connectivity index (χ2n) is 5.24. The van der Waals surface area contributed by atoms with E-state index in [4.69, 9.17) is 5.73 Å². The number of hydrogen-bond donors (Lipinski definition) is 2. The highest BCUT2D eigenvalue weighted by molar-refractivity contribution is 7.22. The first-order valence-corrected chi connectivity index (χ1v) is 8.07. The Labute approximate surface area is 143 Å². The van der Waals surface area contributed by atoms with Crippen molar-refractivity contribution in [1.82, 2.24) is 10.3 Å². The third kappa shape index (κ3) is 3.72. The predicted octanol–water partition coefficient (Wildman–Crippen LogP) is 1.38. The van der Waals surface area contributed by atoms with Crippen LogP contribution in [0.3, 0.4) is 0 Å². The Kier molecular flexibility index (Phi) is 4.62. The molecule has 1 aliphatic rings. The molecule has 2 amide bonds. The van der Waals surface area contributed by atoms with Crippen molar-refractivity contribution in [3.05, 3.63) is 18.2 Å². The van der Waals surface area contributed by atoms with Crippen LogP contribution in [0, 0.1) is 0 Å². The number of fused-ring (bicyclic) bond motifs is 1. The van der Waals surface area contributed by atoms with Gasteiger partial charge in [0.05, 0.1) is 22.8 Å². The van der Waals surface area contributed by atoms with E-state index in [1.54, 1.807) is 0 Å². The second kappa shape index (κ2) is 6.58. The summed E-state index contributed by atoms with van der Waals surface area (Å²) in [5, 5.41) is 2.95. The van der Waals surface area contributed by atoms with Crippen molar-refractivity contribution in [2.24, 2.45) is 5.73 Å². The Morgan fingerprint density at radius 3 is 2.72 bits per heavy atom. The van der Waals surface area contributed by atoms with Crippen LogP contribution in [-0.2, 0) is 9.59 Å². The molecular weight excluding hydrogens is 361 g/mol. The molecule has 0 bridgehead atoms. The zero-order chi connectivity index (χ0) is 18.2. The number of amides is 2. The summed E-state index contributed by atoms with van der Waals surface area (Å²) in [7, 11) is 0. The Balaban J connectivity index is 1.94. The number of rotatable bonds is 4. The fraction of sp³-hybridized carbons (Fsp3) is 0.357. The molecule has 2 aromatic rings. The van der Waals surface area contributed by atoms with Crippen LogP contribution in [0.15, 0.2) is 18.2 Å². The number of thiazole rings is 1. The minimum atomic E-state index is -4.81. The van der Waals surface area contributed by atoms with E-state index in [-0.39, 0.29) is 5.13 Å². The fourth-order valence-corrected chi connectivity index (χ4v) is 3.27. The first-order chi connectivity index (χ1) is 11.8. The van der Waals surface area contributed by atoms with Gasteiger partial charge in [-0.05, 0) is 25.1 Å². The largest absolute Gasteiger partial charge is 0.573 e. The number of carbonyl (C=O) groups is 2. The van der Waals surface area contributed by atoms with E-state index in [0.717, 1.165) is 28.4 Å². The van der Waals surface area contributed by atoms with Gasteiger partial charge in [-0.3, -0.25) is 9.59 Å². The number of nitrogens with zero attached hydrogens (tertiary/aromatic N) is 2. The standard InChI is InChI=1S/C14H13F3N4O3S/c15-14(16,17)24-7-1-2-8-10(5-7)25-13(20-8)21(11(22)6-18)12(23)9-3-4-19-9/h1-2,5,9,19H,3-4,6,18H2/t9-/m0/s1. The van der Waals surface area contributed by atoms with E-state index in [9.17, 15) is 22.8 Å². The van der Waals surface area contributed by atoms with Crippen molar-refractivity contribution in [2.75, 3.05) is 18.0 Å². The lowest BCUT2D eigenvalue weighted by Crippen LogP contribution is -2.56. The van der Waals surface area contributed by atoms with Gasteiger partial charge in [0.15, 0.2) is 5.13 Å². The molecule has 1 atom stereocenters. The molecule has 11 heteroatoms. The van der Waals surface area contributed by atoms with Crippen molar-refractivity contribution < 1.29 is 27.5 Å². The molecule has 2 heterocycles. The minimum Gasteiger partial charge on any atom is -0.406 e. The molecule has 3 rings (SSSR count). The number of carbonyl (C=O) groups excluding carboxylic acids is 2. The predicted molar refractivity (Wildman–Crippen MR) is 84.3 cm³/mol. The van der Waals surface area contributed by atoms with Gasteiger partial charge < -0.3 is 15.8 Å². The molecule has 7 nitrogen and oxygen atoms in total. The maximum absolute atomic E-state index is 12.4. The van der Waals surface area contributed by atoms with E-state index in [0.29, 0.717) is 23.2 Å². The molecule has 0 saturated carbocycles. The zero-order valence-electron chi connectivity index (χ0n) is 12.7. The van der Waals surface area contributed by atoms with Crippen LogP contribution in [0.25, 0.3) is 10.2 Å². The van der Waals surface area contributed by atoms with Crippen LogP contribution in [0.2, 0.25) is 0 Å². The second-order valence-corrected chi connectivity index (χ2v) is 6.25. The number of benzene rings is 1. The highest BCUT2D eigenvalue weighted by atomic mass is 32.1. The average molecular weight is 374 g/mol. The summed E-state index contributed by atoms with van der Waals surface area (Å²) in [6, 6.07) is 3.10. The lowest BCUT2D eigenvalue weighted by molar-refractivity contribution is -0.274.